The van der Waals surface area contributed by atoms with E-state index in [1.165, 1.54) is 45.3 Å². The SMILES string of the molecule is CCCCc1nn(-c2ccc(-n3nc(CCCC)c(N=Nc4c(C(=O)OC)cnn4C)c3N)nn2)c(N)c1N=Nc1c(C(=O)OC)cnn1C. The predicted molar refractivity (Wildman–Crippen MR) is 180 cm³/mol. The number of carbonyl (C=O) groups is 2. The number of nitrogens with two attached hydrogens (primary N) is 2. The smallest absolute Gasteiger partial charge is 0.343 e. The second kappa shape index (κ2) is 15.3. The Morgan fingerprint density at radius 2 is 1.10 bits per heavy atom. The maximum Gasteiger partial charge on any atom is 0.343 e. The summed E-state index contributed by atoms with van der Waals surface area (Å²) in [6, 6.07) is 3.33. The maximum atomic E-state index is 12.2. The van der Waals surface area contributed by atoms with Crippen LogP contribution in [0, 0.1) is 0 Å². The molecule has 0 aliphatic carbocycles. The van der Waals surface area contributed by atoms with Gasteiger partial charge in [0.05, 0.1) is 38.0 Å². The summed E-state index contributed by atoms with van der Waals surface area (Å²) in [5, 5.41) is 43.6. The van der Waals surface area contributed by atoms with Gasteiger partial charge in [0.25, 0.3) is 0 Å². The van der Waals surface area contributed by atoms with E-state index in [0.717, 1.165) is 25.7 Å². The molecule has 0 unspecified atom stereocenters. The van der Waals surface area contributed by atoms with Crippen LogP contribution < -0.4 is 11.5 Å². The van der Waals surface area contributed by atoms with Crippen molar-refractivity contribution in [2.24, 2.45) is 34.6 Å². The molecular formula is C30H38N16O4. The van der Waals surface area contributed by atoms with Crippen molar-refractivity contribution in [2.45, 2.75) is 52.4 Å². The lowest BCUT2D eigenvalue weighted by Gasteiger charge is -2.05. The average molecular weight is 687 g/mol. The Balaban J connectivity index is 1.49. The van der Waals surface area contributed by atoms with E-state index in [-0.39, 0.29) is 34.4 Å². The molecule has 0 fully saturated rings. The molecule has 5 aromatic rings. The monoisotopic (exact) mass is 686 g/mol. The van der Waals surface area contributed by atoms with Gasteiger partial charge in [-0.25, -0.2) is 19.0 Å². The average Bonchev–Trinajstić information content (AvgIpc) is 3.86. The first-order valence-corrected chi connectivity index (χ1v) is 15.8. The molecular weight excluding hydrogens is 648 g/mol. The maximum absolute atomic E-state index is 12.2. The number of aryl methyl sites for hydroxylation is 4. The van der Waals surface area contributed by atoms with Crippen molar-refractivity contribution in [2.75, 3.05) is 25.7 Å². The second-order valence-electron chi connectivity index (χ2n) is 11.0. The molecule has 0 spiro atoms. The third kappa shape index (κ3) is 6.93. The first kappa shape index (κ1) is 35.0. The fourth-order valence-corrected chi connectivity index (χ4v) is 4.88. The first-order chi connectivity index (χ1) is 24.1. The lowest BCUT2D eigenvalue weighted by Crippen LogP contribution is -2.09. The second-order valence-corrected chi connectivity index (χ2v) is 11.0. The number of hydrogen-bond acceptors (Lipinski definition) is 16. The molecule has 50 heavy (non-hydrogen) atoms. The molecule has 20 heteroatoms. The van der Waals surface area contributed by atoms with E-state index in [9.17, 15) is 9.59 Å². The summed E-state index contributed by atoms with van der Waals surface area (Å²) in [6.45, 7) is 4.12. The normalized spacial score (nSPS) is 11.6. The number of aromatic nitrogens is 10. The lowest BCUT2D eigenvalue weighted by atomic mass is 10.2. The van der Waals surface area contributed by atoms with Crippen LogP contribution in [0.5, 0.6) is 0 Å². The molecule has 0 saturated heterocycles. The van der Waals surface area contributed by atoms with Gasteiger partial charge in [0, 0.05) is 14.1 Å². The first-order valence-electron chi connectivity index (χ1n) is 15.8. The van der Waals surface area contributed by atoms with Crippen molar-refractivity contribution in [3.8, 4) is 11.6 Å². The number of nitrogens with zero attached hydrogens (tertiary/aromatic N) is 14. The zero-order valence-electron chi connectivity index (χ0n) is 28.6. The Kier molecular flexibility index (Phi) is 10.7. The van der Waals surface area contributed by atoms with Crippen LogP contribution in [0.1, 0.15) is 71.6 Å². The van der Waals surface area contributed by atoms with Crippen molar-refractivity contribution in [3.63, 3.8) is 0 Å². The molecule has 20 nitrogen and oxygen atoms in total. The standard InChI is InChI=1S/C30H38N16O4/c1-7-9-11-19-23(37-39-27-17(29(47)49-5)15-33-43(27)3)25(31)45(41-19)21-13-14-22(36-35-21)46-26(32)24(20(42-46)12-10-8-2)38-40-28-18(30(48)50-6)16-34-44(28)4/h13-16H,7-12,31-32H2,1-6H3. The Bertz CT molecular complexity index is 1910. The van der Waals surface area contributed by atoms with Gasteiger partial charge < -0.3 is 20.9 Å². The minimum absolute atomic E-state index is 0.157. The molecule has 0 aromatic carbocycles. The van der Waals surface area contributed by atoms with Gasteiger partial charge in [0.2, 0.25) is 0 Å². The zero-order chi connectivity index (χ0) is 35.9. The molecule has 0 aliphatic rings. The molecule has 262 valence electrons. The number of carbonyl (C=O) groups excluding carboxylic acids is 2. The van der Waals surface area contributed by atoms with Gasteiger partial charge in [-0.1, -0.05) is 26.7 Å². The number of nitrogen functional groups attached to an aromatic ring is 2. The van der Waals surface area contributed by atoms with Crippen molar-refractivity contribution >= 4 is 46.6 Å². The number of hydrogen-bond donors (Lipinski definition) is 2. The largest absolute Gasteiger partial charge is 0.465 e. The summed E-state index contributed by atoms with van der Waals surface area (Å²) < 4.78 is 15.3. The Morgan fingerprint density at radius 3 is 1.44 bits per heavy atom. The fourth-order valence-electron chi connectivity index (χ4n) is 4.88. The highest BCUT2D eigenvalue weighted by atomic mass is 16.5. The molecule has 0 aliphatic heterocycles. The summed E-state index contributed by atoms with van der Waals surface area (Å²) in [5.41, 5.74) is 15.3. The van der Waals surface area contributed by atoms with Crippen LogP contribution in [0.25, 0.3) is 11.6 Å². The van der Waals surface area contributed by atoms with Crippen LogP contribution in [0.2, 0.25) is 0 Å². The van der Waals surface area contributed by atoms with Crippen LogP contribution in [-0.2, 0) is 36.4 Å². The molecule has 5 aromatic heterocycles. The van der Waals surface area contributed by atoms with E-state index in [2.05, 4.69) is 64.9 Å². The van der Waals surface area contributed by atoms with Crippen molar-refractivity contribution in [1.29, 1.82) is 0 Å². The van der Waals surface area contributed by atoms with Crippen LogP contribution in [0.3, 0.4) is 0 Å². The summed E-state index contributed by atoms with van der Waals surface area (Å²) in [5.74, 6) is 0.185. The van der Waals surface area contributed by atoms with Gasteiger partial charge in [0.1, 0.15) is 11.1 Å². The van der Waals surface area contributed by atoms with Gasteiger partial charge >= 0.3 is 11.9 Å². The third-order valence-corrected chi connectivity index (χ3v) is 7.65. The van der Waals surface area contributed by atoms with Gasteiger partial charge in [-0.2, -0.15) is 29.8 Å². The molecule has 0 radical (unpaired) electrons. The van der Waals surface area contributed by atoms with E-state index >= 15 is 0 Å². The minimum Gasteiger partial charge on any atom is -0.465 e. The molecule has 5 rings (SSSR count). The number of rotatable bonds is 14. The number of anilines is 2. The van der Waals surface area contributed by atoms with E-state index < -0.39 is 11.9 Å². The van der Waals surface area contributed by atoms with E-state index in [0.29, 0.717) is 47.2 Å². The lowest BCUT2D eigenvalue weighted by molar-refractivity contribution is 0.0592. The Morgan fingerprint density at radius 1 is 0.700 bits per heavy atom. The zero-order valence-corrected chi connectivity index (χ0v) is 28.6. The molecule has 0 atom stereocenters. The summed E-state index contributed by atoms with van der Waals surface area (Å²) in [6.07, 6.45) is 7.33. The number of azo groups is 2. The third-order valence-electron chi connectivity index (χ3n) is 7.65. The van der Waals surface area contributed by atoms with E-state index in [4.69, 9.17) is 20.9 Å². The summed E-state index contributed by atoms with van der Waals surface area (Å²) in [7, 11) is 5.82. The van der Waals surface area contributed by atoms with E-state index in [1.54, 1.807) is 26.2 Å². The fraction of sp³-hybridized carbons (Fsp3) is 0.400. The van der Waals surface area contributed by atoms with E-state index in [1.807, 2.05) is 0 Å². The number of unbranched alkanes of at least 4 members (excludes halogenated alkanes) is 2. The quantitative estimate of drug-likeness (QED) is 0.120. The van der Waals surface area contributed by atoms with Gasteiger partial charge in [0.15, 0.2) is 46.3 Å². The topological polar surface area (TPSA) is 251 Å². The van der Waals surface area contributed by atoms with Gasteiger partial charge in [-0.15, -0.1) is 30.7 Å². The number of esters is 2. The van der Waals surface area contributed by atoms with Gasteiger partial charge in [-0.3, -0.25) is 0 Å². The summed E-state index contributed by atoms with van der Waals surface area (Å²) >= 11 is 0. The van der Waals surface area contributed by atoms with Crippen LogP contribution in [-0.4, -0.2) is 75.5 Å². The predicted octanol–water partition coefficient (Wildman–Crippen LogP) is 4.57. The van der Waals surface area contributed by atoms with Crippen LogP contribution in [0.15, 0.2) is 45.0 Å². The Labute approximate surface area is 286 Å². The molecule has 0 amide bonds. The van der Waals surface area contributed by atoms with Crippen molar-refractivity contribution < 1.29 is 19.1 Å². The van der Waals surface area contributed by atoms with Crippen molar-refractivity contribution in [3.05, 3.63) is 47.0 Å². The highest BCUT2D eigenvalue weighted by Crippen LogP contribution is 2.34. The van der Waals surface area contributed by atoms with Crippen molar-refractivity contribution in [1.82, 2.24) is 49.3 Å². The summed E-state index contributed by atoms with van der Waals surface area (Å²) in [4.78, 5) is 24.4. The Hall–Kier alpha value is -6.34. The molecule has 5 heterocycles. The van der Waals surface area contributed by atoms with Crippen LogP contribution in [0.4, 0.5) is 34.6 Å². The number of ether oxygens (including phenoxy) is 2. The molecule has 0 saturated carbocycles. The van der Waals surface area contributed by atoms with Gasteiger partial charge in [-0.05, 0) is 37.8 Å². The van der Waals surface area contributed by atoms with Crippen LogP contribution >= 0.6 is 0 Å². The highest BCUT2D eigenvalue weighted by Gasteiger charge is 2.23. The molecule has 4 N–H and O–H groups in total. The minimum atomic E-state index is -0.594. The molecule has 0 bridgehead atoms. The highest BCUT2D eigenvalue weighted by molar-refractivity contribution is 5.94. The number of methoxy groups -OCH3 is 2.